The Kier molecular flexibility index (Phi) is 4.78. The number of ether oxygens (including phenoxy) is 1. The molecule has 2 heterocycles. The van der Waals surface area contributed by atoms with Crippen LogP contribution in [0, 0.1) is 5.41 Å². The van der Waals surface area contributed by atoms with Gasteiger partial charge < -0.3 is 9.64 Å². The van der Waals surface area contributed by atoms with Crippen molar-refractivity contribution >= 4 is 0 Å². The van der Waals surface area contributed by atoms with E-state index in [1.807, 2.05) is 0 Å². The van der Waals surface area contributed by atoms with Gasteiger partial charge in [0.25, 0.3) is 0 Å². The smallest absolute Gasteiger partial charge is 0.0681 e. The van der Waals surface area contributed by atoms with Crippen molar-refractivity contribution in [3.63, 3.8) is 0 Å². The van der Waals surface area contributed by atoms with Gasteiger partial charge in [-0.25, -0.2) is 0 Å². The van der Waals surface area contributed by atoms with Crippen LogP contribution in [0.3, 0.4) is 0 Å². The first kappa shape index (κ1) is 17.2. The average Bonchev–Trinajstić information content (AvgIpc) is 2.22. The largest absolute Gasteiger partial charge is 0.372 e. The van der Waals surface area contributed by atoms with Crippen molar-refractivity contribution < 1.29 is 4.74 Å². The third kappa shape index (κ3) is 4.67. The van der Waals surface area contributed by atoms with E-state index in [1.165, 1.54) is 39.0 Å². The van der Waals surface area contributed by atoms with Crippen LogP contribution >= 0.6 is 0 Å². The van der Waals surface area contributed by atoms with Crippen LogP contribution in [0.4, 0.5) is 0 Å². The summed E-state index contributed by atoms with van der Waals surface area (Å²) >= 11 is 0. The molecule has 2 fully saturated rings. The maximum atomic E-state index is 6.04. The minimum absolute atomic E-state index is 0.0302. The number of piperidine rings is 1. The Bertz CT molecular complexity index is 337. The van der Waals surface area contributed by atoms with Crippen LogP contribution in [-0.4, -0.2) is 59.8 Å². The molecular formula is C18H36N2O. The minimum Gasteiger partial charge on any atom is -0.372 e. The molecule has 0 aromatic heterocycles. The summed E-state index contributed by atoms with van der Waals surface area (Å²) in [6.07, 6.45) is 3.05. The number of rotatable bonds is 3. The molecule has 0 aromatic carbocycles. The van der Waals surface area contributed by atoms with E-state index in [4.69, 9.17) is 4.74 Å². The van der Waals surface area contributed by atoms with E-state index in [-0.39, 0.29) is 5.60 Å². The highest BCUT2D eigenvalue weighted by Gasteiger charge is 2.47. The molecule has 0 aliphatic carbocycles. The number of hydrogen-bond donors (Lipinski definition) is 0. The third-order valence-corrected chi connectivity index (χ3v) is 4.99. The fourth-order valence-electron chi connectivity index (χ4n) is 3.77. The van der Waals surface area contributed by atoms with Crippen molar-refractivity contribution in [3.8, 4) is 0 Å². The summed E-state index contributed by atoms with van der Waals surface area (Å²) in [7, 11) is 0. The number of likely N-dealkylation sites (tertiary alicyclic amines) is 2. The molecule has 124 valence electrons. The lowest BCUT2D eigenvalue weighted by Gasteiger charge is -2.58. The molecule has 3 heteroatoms. The molecule has 0 saturated carbocycles. The maximum absolute atomic E-state index is 6.04. The summed E-state index contributed by atoms with van der Waals surface area (Å²) in [6.45, 7) is 21.8. The van der Waals surface area contributed by atoms with Crippen molar-refractivity contribution in [2.24, 2.45) is 5.41 Å². The minimum atomic E-state index is -0.0302. The maximum Gasteiger partial charge on any atom is 0.0681 e. The van der Waals surface area contributed by atoms with Crippen LogP contribution in [0.5, 0.6) is 0 Å². The molecule has 21 heavy (non-hydrogen) atoms. The monoisotopic (exact) mass is 296 g/mol. The fraction of sp³-hybridized carbons (Fsp3) is 1.00. The lowest BCUT2D eigenvalue weighted by Crippen LogP contribution is -2.65. The highest BCUT2D eigenvalue weighted by Crippen LogP contribution is 2.43. The second-order valence-electron chi connectivity index (χ2n) is 9.37. The Morgan fingerprint density at radius 2 is 1.52 bits per heavy atom. The zero-order chi connectivity index (χ0) is 15.9. The van der Waals surface area contributed by atoms with Crippen LogP contribution in [0.1, 0.15) is 61.3 Å². The van der Waals surface area contributed by atoms with Crippen molar-refractivity contribution in [1.82, 2.24) is 9.80 Å². The van der Waals surface area contributed by atoms with Gasteiger partial charge in [-0.05, 0) is 79.8 Å². The van der Waals surface area contributed by atoms with Gasteiger partial charge in [-0.2, -0.15) is 0 Å². The molecule has 1 spiro atoms. The zero-order valence-corrected chi connectivity index (χ0v) is 15.3. The zero-order valence-electron chi connectivity index (χ0n) is 15.3. The molecular weight excluding hydrogens is 260 g/mol. The average molecular weight is 296 g/mol. The van der Waals surface area contributed by atoms with E-state index in [1.54, 1.807) is 0 Å². The van der Waals surface area contributed by atoms with Gasteiger partial charge in [0.1, 0.15) is 0 Å². The first-order valence-electron chi connectivity index (χ1n) is 8.64. The molecule has 2 aliphatic rings. The van der Waals surface area contributed by atoms with E-state index < -0.39 is 0 Å². The van der Waals surface area contributed by atoms with Crippen molar-refractivity contribution in [2.45, 2.75) is 78.6 Å². The molecule has 1 atom stereocenters. The Labute approximate surface area is 132 Å². The SMILES string of the molecule is CC(CN1CCC2(CC1)CN(C(C)(C)C)C2)OC(C)(C)C. The number of hydrogen-bond acceptors (Lipinski definition) is 3. The lowest BCUT2D eigenvalue weighted by atomic mass is 9.70. The van der Waals surface area contributed by atoms with Gasteiger partial charge >= 0.3 is 0 Å². The molecule has 2 aliphatic heterocycles. The second-order valence-corrected chi connectivity index (χ2v) is 9.37. The molecule has 0 aromatic rings. The summed E-state index contributed by atoms with van der Waals surface area (Å²) in [5, 5.41) is 0. The molecule has 0 amide bonds. The molecule has 0 radical (unpaired) electrons. The predicted octanol–water partition coefficient (Wildman–Crippen LogP) is 3.39. The van der Waals surface area contributed by atoms with Gasteiger partial charge in [-0.15, -0.1) is 0 Å². The van der Waals surface area contributed by atoms with Gasteiger partial charge in [0.05, 0.1) is 11.7 Å². The Morgan fingerprint density at radius 3 is 1.95 bits per heavy atom. The van der Waals surface area contributed by atoms with Gasteiger partial charge in [0.15, 0.2) is 0 Å². The van der Waals surface area contributed by atoms with E-state index in [0.29, 0.717) is 17.1 Å². The quantitative estimate of drug-likeness (QED) is 0.794. The van der Waals surface area contributed by atoms with Crippen LogP contribution < -0.4 is 0 Å². The Morgan fingerprint density at radius 1 is 1.00 bits per heavy atom. The Hall–Kier alpha value is -0.120. The van der Waals surface area contributed by atoms with Gasteiger partial charge in [-0.1, -0.05) is 0 Å². The normalized spacial score (nSPS) is 25.9. The summed E-state index contributed by atoms with van der Waals surface area (Å²) in [5.41, 5.74) is 0.937. The van der Waals surface area contributed by atoms with E-state index in [9.17, 15) is 0 Å². The van der Waals surface area contributed by atoms with Crippen LogP contribution in [0.25, 0.3) is 0 Å². The lowest BCUT2D eigenvalue weighted by molar-refractivity contribution is -0.102. The molecule has 1 unspecified atom stereocenters. The molecule has 2 saturated heterocycles. The second kappa shape index (κ2) is 5.82. The van der Waals surface area contributed by atoms with E-state index in [2.05, 4.69) is 58.3 Å². The fourth-order valence-corrected chi connectivity index (χ4v) is 3.77. The molecule has 0 N–H and O–H groups in total. The topological polar surface area (TPSA) is 15.7 Å². The summed E-state index contributed by atoms with van der Waals surface area (Å²) in [6, 6.07) is 0. The highest BCUT2D eigenvalue weighted by atomic mass is 16.5. The van der Waals surface area contributed by atoms with Crippen molar-refractivity contribution in [3.05, 3.63) is 0 Å². The van der Waals surface area contributed by atoms with Gasteiger partial charge in [-0.3, -0.25) is 4.90 Å². The predicted molar refractivity (Wildman–Crippen MR) is 89.7 cm³/mol. The summed E-state index contributed by atoms with van der Waals surface area (Å²) < 4.78 is 6.04. The van der Waals surface area contributed by atoms with Gasteiger partial charge in [0.2, 0.25) is 0 Å². The molecule has 3 nitrogen and oxygen atoms in total. The molecule has 0 bridgehead atoms. The highest BCUT2D eigenvalue weighted by molar-refractivity contribution is 5.01. The summed E-state index contributed by atoms with van der Waals surface area (Å²) in [4.78, 5) is 5.23. The molecule has 2 rings (SSSR count). The number of nitrogens with zero attached hydrogens (tertiary/aromatic N) is 2. The summed E-state index contributed by atoms with van der Waals surface area (Å²) in [5.74, 6) is 0. The van der Waals surface area contributed by atoms with Crippen LogP contribution in [0.15, 0.2) is 0 Å². The third-order valence-electron chi connectivity index (χ3n) is 4.99. The van der Waals surface area contributed by atoms with Crippen LogP contribution in [0.2, 0.25) is 0 Å². The van der Waals surface area contributed by atoms with E-state index in [0.717, 1.165) is 6.54 Å². The van der Waals surface area contributed by atoms with Crippen molar-refractivity contribution in [1.29, 1.82) is 0 Å². The van der Waals surface area contributed by atoms with Crippen molar-refractivity contribution in [2.75, 3.05) is 32.7 Å². The van der Waals surface area contributed by atoms with E-state index >= 15 is 0 Å². The van der Waals surface area contributed by atoms with Gasteiger partial charge in [0, 0.05) is 25.2 Å². The van der Waals surface area contributed by atoms with Crippen LogP contribution in [-0.2, 0) is 4.74 Å². The first-order valence-corrected chi connectivity index (χ1v) is 8.64. The first-order chi connectivity index (χ1) is 9.49. The standard InChI is InChI=1S/C18H36N2O/c1-15(21-17(5,6)7)12-19-10-8-18(9-11-19)13-20(14-18)16(2,3)4/h15H,8-14H2,1-7H3. The Balaban J connectivity index is 1.72.